The zero-order valence-corrected chi connectivity index (χ0v) is 26.5. The molecule has 2 saturated heterocycles. The average Bonchev–Trinajstić information content (AvgIpc) is 3.40. The van der Waals surface area contributed by atoms with Crippen molar-refractivity contribution < 1.29 is 41.3 Å². The van der Waals surface area contributed by atoms with Crippen molar-refractivity contribution in [2.45, 2.75) is 59.8 Å². The van der Waals surface area contributed by atoms with Gasteiger partial charge in [-0.1, -0.05) is 6.07 Å². The van der Waals surface area contributed by atoms with Crippen molar-refractivity contribution in [2.24, 2.45) is 0 Å². The van der Waals surface area contributed by atoms with E-state index in [4.69, 9.17) is 14.2 Å². The van der Waals surface area contributed by atoms with Crippen LogP contribution in [0.5, 0.6) is 11.6 Å². The molecule has 0 saturated carbocycles. The quantitative estimate of drug-likeness (QED) is 0.239. The average molecular weight is 656 g/mol. The van der Waals surface area contributed by atoms with Gasteiger partial charge in [0.1, 0.15) is 35.7 Å². The summed E-state index contributed by atoms with van der Waals surface area (Å²) in [5.41, 5.74) is 0.232. The molecule has 0 bridgehead atoms. The highest BCUT2D eigenvalue weighted by atomic mass is 32.2. The highest BCUT2D eigenvalue weighted by Crippen LogP contribution is 2.38. The molecule has 16 heteroatoms. The molecule has 3 aliphatic rings. The number of benzene rings is 1. The molecule has 1 aromatic heterocycles. The van der Waals surface area contributed by atoms with Crippen LogP contribution in [0.3, 0.4) is 0 Å². The van der Waals surface area contributed by atoms with Crippen LogP contribution in [0.4, 0.5) is 5.69 Å². The molecule has 2 unspecified atom stereocenters. The van der Waals surface area contributed by atoms with Crippen LogP contribution in [0.15, 0.2) is 46.3 Å². The molecule has 5 rings (SSSR count). The molecule has 4 N–H and O–H groups in total. The van der Waals surface area contributed by atoms with Gasteiger partial charge in [-0.05, 0) is 44.4 Å². The maximum Gasteiger partial charge on any atom is 0.244 e. The van der Waals surface area contributed by atoms with E-state index in [0.717, 1.165) is 0 Å². The van der Waals surface area contributed by atoms with Gasteiger partial charge < -0.3 is 34.6 Å². The minimum atomic E-state index is -3.81. The lowest BCUT2D eigenvalue weighted by Gasteiger charge is -2.38. The normalized spacial score (nSPS) is 21.9. The Kier molecular flexibility index (Phi) is 10.0. The van der Waals surface area contributed by atoms with Gasteiger partial charge in [-0.3, -0.25) is 0 Å². The van der Waals surface area contributed by atoms with Crippen LogP contribution >= 0.6 is 0 Å². The number of aromatic nitrogens is 1. The van der Waals surface area contributed by atoms with Crippen LogP contribution < -0.4 is 24.4 Å². The molecule has 44 heavy (non-hydrogen) atoms. The number of nitrogens with zero attached hydrogens (tertiary/aromatic N) is 3. The molecule has 1 aromatic carbocycles. The number of nitrogens with one attached hydrogen (secondary N) is 2. The minimum Gasteiger partial charge on any atom is -0.491 e. The molecule has 3 atom stereocenters. The van der Waals surface area contributed by atoms with Gasteiger partial charge in [-0.15, -0.1) is 0 Å². The zero-order chi connectivity index (χ0) is 31.5. The molecule has 0 radical (unpaired) electrons. The first-order valence-corrected chi connectivity index (χ1v) is 17.6. The van der Waals surface area contributed by atoms with E-state index in [1.807, 2.05) is 11.9 Å². The summed E-state index contributed by atoms with van der Waals surface area (Å²) >= 11 is 0. The maximum atomic E-state index is 13.4. The summed E-state index contributed by atoms with van der Waals surface area (Å²) in [6, 6.07) is 7.54. The Morgan fingerprint density at radius 3 is 2.64 bits per heavy atom. The molecular formula is C28H41N5O9S2. The number of ether oxygens (including phenoxy) is 3. The number of aliphatic hydroxyl groups is 2. The predicted molar refractivity (Wildman–Crippen MR) is 161 cm³/mol. The molecule has 2 fully saturated rings. The third-order valence-electron chi connectivity index (χ3n) is 8.13. The second kappa shape index (κ2) is 13.4. The molecule has 4 heterocycles. The molecule has 244 valence electrons. The first-order chi connectivity index (χ1) is 20.9. The van der Waals surface area contributed by atoms with Crippen molar-refractivity contribution in [3.05, 3.63) is 36.5 Å². The van der Waals surface area contributed by atoms with E-state index in [2.05, 4.69) is 15.0 Å². The number of piperidine rings is 1. The van der Waals surface area contributed by atoms with E-state index >= 15 is 0 Å². The molecule has 1 spiro atoms. The van der Waals surface area contributed by atoms with E-state index in [0.29, 0.717) is 69.4 Å². The number of sulfonamides is 2. The summed E-state index contributed by atoms with van der Waals surface area (Å²) in [6.07, 6.45) is 1.48. The van der Waals surface area contributed by atoms with Gasteiger partial charge >= 0.3 is 0 Å². The van der Waals surface area contributed by atoms with E-state index in [1.54, 1.807) is 18.2 Å². The third-order valence-corrected chi connectivity index (χ3v) is 11.4. The van der Waals surface area contributed by atoms with Crippen LogP contribution in [0, 0.1) is 0 Å². The summed E-state index contributed by atoms with van der Waals surface area (Å²) in [5, 5.41) is 23.2. The van der Waals surface area contributed by atoms with E-state index in [1.165, 1.54) is 29.6 Å². The van der Waals surface area contributed by atoms with Crippen molar-refractivity contribution in [1.82, 2.24) is 19.3 Å². The highest BCUT2D eigenvalue weighted by molar-refractivity contribution is 7.89. The van der Waals surface area contributed by atoms with Crippen molar-refractivity contribution in [2.75, 3.05) is 64.5 Å². The van der Waals surface area contributed by atoms with Crippen LogP contribution in [-0.2, 0) is 24.8 Å². The van der Waals surface area contributed by atoms with Crippen molar-refractivity contribution in [3.8, 4) is 11.6 Å². The summed E-state index contributed by atoms with van der Waals surface area (Å²) in [4.78, 5) is 6.31. The lowest BCUT2D eigenvalue weighted by molar-refractivity contribution is -0.0312. The Labute approximate surface area is 258 Å². The van der Waals surface area contributed by atoms with Gasteiger partial charge in [-0.25, -0.2) is 26.5 Å². The standard InChI is InChI=1S/C28H41N5O9S2/c1-20(34)15-31-43(36,37)24-5-3-4-23(12-24)41-19-22(35)16-29-21-14-28(42-18-21)6-8-33(9-7-28)44(38,39)25-13-26-27(30-17-25)40-11-10-32(26)2/h3-5,12-13,17,20-22,29,31,34-35H,6-11,14-16,18-19H2,1-2H3/t20?,21-,22?/m1/s1. The number of likely N-dealkylation sites (N-methyl/N-ethyl adjacent to an activating group) is 1. The number of hydrogen-bond acceptors (Lipinski definition) is 12. The molecule has 3 aliphatic heterocycles. The molecule has 2 aromatic rings. The van der Waals surface area contributed by atoms with Gasteiger partial charge in [0.15, 0.2) is 0 Å². The molecular weight excluding hydrogens is 614 g/mol. The summed E-state index contributed by atoms with van der Waals surface area (Å²) < 4.78 is 72.8. The Morgan fingerprint density at radius 2 is 1.89 bits per heavy atom. The number of aliphatic hydroxyl groups excluding tert-OH is 2. The first-order valence-electron chi connectivity index (χ1n) is 14.7. The largest absolute Gasteiger partial charge is 0.491 e. The number of rotatable bonds is 12. The molecule has 0 aliphatic carbocycles. The summed E-state index contributed by atoms with van der Waals surface area (Å²) in [6.45, 7) is 3.83. The number of pyridine rings is 1. The second-order valence-electron chi connectivity index (χ2n) is 11.6. The SMILES string of the molecule is CC(O)CNS(=O)(=O)c1cccc(OCC(O)CN[C@H]2COC3(CCN(S(=O)(=O)c4cnc5c(c4)N(C)CCO5)CC3)C2)c1. The fraction of sp³-hybridized carbons (Fsp3) is 0.607. The molecule has 14 nitrogen and oxygen atoms in total. The highest BCUT2D eigenvalue weighted by Gasteiger charge is 2.45. The van der Waals surface area contributed by atoms with E-state index in [-0.39, 0.29) is 35.5 Å². The summed E-state index contributed by atoms with van der Waals surface area (Å²) in [5.74, 6) is 0.729. The van der Waals surface area contributed by atoms with Crippen LogP contribution in [-0.4, -0.2) is 120 Å². The number of hydrogen-bond donors (Lipinski definition) is 4. The van der Waals surface area contributed by atoms with Crippen molar-refractivity contribution >= 4 is 25.7 Å². The Bertz CT molecular complexity index is 1520. The lowest BCUT2D eigenvalue weighted by atomic mass is 9.88. The Balaban J connectivity index is 1.07. The van der Waals surface area contributed by atoms with E-state index in [9.17, 15) is 27.0 Å². The predicted octanol–water partition coefficient (Wildman–Crippen LogP) is -0.0890. The fourth-order valence-corrected chi connectivity index (χ4v) is 8.12. The van der Waals surface area contributed by atoms with Gasteiger partial charge in [0.05, 0.1) is 35.9 Å². The minimum absolute atomic E-state index is 0.00271. The Morgan fingerprint density at radius 1 is 1.11 bits per heavy atom. The summed E-state index contributed by atoms with van der Waals surface area (Å²) in [7, 11) is -5.65. The number of fused-ring (bicyclic) bond motifs is 1. The smallest absolute Gasteiger partial charge is 0.244 e. The fourth-order valence-electron chi connectivity index (χ4n) is 5.55. The van der Waals surface area contributed by atoms with Crippen LogP contribution in [0.2, 0.25) is 0 Å². The monoisotopic (exact) mass is 655 g/mol. The van der Waals surface area contributed by atoms with Crippen LogP contribution in [0.1, 0.15) is 26.2 Å². The second-order valence-corrected chi connectivity index (χ2v) is 15.3. The van der Waals surface area contributed by atoms with Gasteiger partial charge in [0.2, 0.25) is 25.9 Å². The maximum absolute atomic E-state index is 13.4. The third kappa shape index (κ3) is 7.62. The number of anilines is 1. The Hall–Kier alpha value is -2.57. The lowest BCUT2D eigenvalue weighted by Crippen LogP contribution is -2.47. The van der Waals surface area contributed by atoms with Gasteiger partial charge in [-0.2, -0.15) is 4.31 Å². The van der Waals surface area contributed by atoms with Crippen molar-refractivity contribution in [3.63, 3.8) is 0 Å². The van der Waals surface area contributed by atoms with Crippen LogP contribution in [0.25, 0.3) is 0 Å². The molecule has 0 amide bonds. The van der Waals surface area contributed by atoms with Gasteiger partial charge in [0.25, 0.3) is 0 Å². The van der Waals surface area contributed by atoms with Crippen molar-refractivity contribution in [1.29, 1.82) is 0 Å². The first kappa shape index (κ1) is 32.8. The van der Waals surface area contributed by atoms with E-state index < -0.39 is 37.9 Å². The van der Waals surface area contributed by atoms with Gasteiger partial charge in [0, 0.05) is 45.3 Å². The zero-order valence-electron chi connectivity index (χ0n) is 24.9. The topological polar surface area (TPSA) is 180 Å².